The first-order valence-corrected chi connectivity index (χ1v) is 6.42. The molecule has 1 atom stereocenters. The first-order valence-electron chi connectivity index (χ1n) is 6.42. The minimum Gasteiger partial charge on any atom is -0.492 e. The van der Waals surface area contributed by atoms with Gasteiger partial charge < -0.3 is 9.84 Å². The Morgan fingerprint density at radius 2 is 1.78 bits per heavy atom. The van der Waals surface area contributed by atoms with Gasteiger partial charge in [0.15, 0.2) is 0 Å². The van der Waals surface area contributed by atoms with E-state index in [0.717, 1.165) is 22.1 Å². The average Bonchev–Trinajstić information content (AvgIpc) is 2.35. The molecule has 96 valence electrons. The van der Waals surface area contributed by atoms with Crippen molar-refractivity contribution >= 4 is 10.8 Å². The van der Waals surface area contributed by atoms with Gasteiger partial charge in [0.1, 0.15) is 5.75 Å². The van der Waals surface area contributed by atoms with Gasteiger partial charge in [-0.2, -0.15) is 0 Å². The largest absolute Gasteiger partial charge is 0.492 e. The Labute approximate surface area is 108 Å². The molecule has 0 unspecified atom stereocenters. The van der Waals surface area contributed by atoms with Gasteiger partial charge in [-0.1, -0.05) is 50.2 Å². The third-order valence-electron chi connectivity index (χ3n) is 2.92. The lowest BCUT2D eigenvalue weighted by atomic mass is 10.0. The molecule has 2 heteroatoms. The van der Waals surface area contributed by atoms with Gasteiger partial charge in [-0.15, -0.1) is 0 Å². The lowest BCUT2D eigenvalue weighted by molar-refractivity contribution is 0.189. The van der Waals surface area contributed by atoms with Gasteiger partial charge in [0.2, 0.25) is 0 Å². The summed E-state index contributed by atoms with van der Waals surface area (Å²) in [6.07, 6.45) is -0.517. The lowest BCUT2D eigenvalue weighted by Crippen LogP contribution is -2.07. The second kappa shape index (κ2) is 5.40. The van der Waals surface area contributed by atoms with Gasteiger partial charge in [0.05, 0.1) is 12.7 Å². The summed E-state index contributed by atoms with van der Waals surface area (Å²) >= 11 is 0. The van der Waals surface area contributed by atoms with Crippen LogP contribution in [0.3, 0.4) is 0 Å². The van der Waals surface area contributed by atoms with E-state index in [2.05, 4.69) is 19.9 Å². The van der Waals surface area contributed by atoms with Gasteiger partial charge in [0, 0.05) is 10.9 Å². The van der Waals surface area contributed by atoms with Gasteiger partial charge >= 0.3 is 0 Å². The zero-order valence-corrected chi connectivity index (χ0v) is 11.2. The zero-order chi connectivity index (χ0) is 13.1. The van der Waals surface area contributed by atoms with Crippen molar-refractivity contribution in [2.24, 2.45) is 5.92 Å². The van der Waals surface area contributed by atoms with Crippen molar-refractivity contribution in [1.29, 1.82) is 0 Å². The molecule has 2 aromatic carbocycles. The molecule has 0 aliphatic rings. The van der Waals surface area contributed by atoms with E-state index in [-0.39, 0.29) is 0 Å². The number of fused-ring (bicyclic) bond motifs is 1. The molecule has 1 N–H and O–H groups in total. The molecule has 0 heterocycles. The molecule has 2 aromatic rings. The number of benzene rings is 2. The molecule has 0 aromatic heterocycles. The number of hydrogen-bond donors (Lipinski definition) is 1. The van der Waals surface area contributed by atoms with Gasteiger partial charge in [0.25, 0.3) is 0 Å². The van der Waals surface area contributed by atoms with Crippen LogP contribution in [0, 0.1) is 5.92 Å². The molecule has 0 amide bonds. The first kappa shape index (κ1) is 12.9. The van der Waals surface area contributed by atoms with Crippen LogP contribution in [0.1, 0.15) is 32.4 Å². The zero-order valence-electron chi connectivity index (χ0n) is 11.2. The third kappa shape index (κ3) is 2.65. The van der Waals surface area contributed by atoms with Crippen LogP contribution >= 0.6 is 0 Å². The summed E-state index contributed by atoms with van der Waals surface area (Å²) in [4.78, 5) is 0. The van der Waals surface area contributed by atoms with Crippen molar-refractivity contribution in [2.75, 3.05) is 6.61 Å². The SMILES string of the molecule is CC(C)COc1c([C@H](C)O)ccc2ccccc12. The fraction of sp³-hybridized carbons (Fsp3) is 0.375. The molecule has 0 fully saturated rings. The molecular formula is C16H20O2. The molecule has 0 spiro atoms. The molecule has 2 rings (SSSR count). The molecular weight excluding hydrogens is 224 g/mol. The maximum Gasteiger partial charge on any atom is 0.132 e. The molecule has 0 radical (unpaired) electrons. The summed E-state index contributed by atoms with van der Waals surface area (Å²) in [5, 5.41) is 12.1. The minimum atomic E-state index is -0.517. The maximum absolute atomic E-state index is 9.85. The van der Waals surface area contributed by atoms with Crippen LogP contribution in [0.2, 0.25) is 0 Å². The molecule has 0 aliphatic heterocycles. The average molecular weight is 244 g/mol. The molecule has 2 nitrogen and oxygen atoms in total. The fourth-order valence-electron chi connectivity index (χ4n) is 2.00. The van der Waals surface area contributed by atoms with Crippen LogP contribution in [-0.2, 0) is 0 Å². The standard InChI is InChI=1S/C16H20O2/c1-11(2)10-18-16-14(12(3)17)9-8-13-6-4-5-7-15(13)16/h4-9,11-12,17H,10H2,1-3H3/t12-/m0/s1. The van der Waals surface area contributed by atoms with E-state index in [1.54, 1.807) is 6.92 Å². The summed E-state index contributed by atoms with van der Waals surface area (Å²) in [6, 6.07) is 12.1. The van der Waals surface area contributed by atoms with E-state index >= 15 is 0 Å². The second-order valence-corrected chi connectivity index (χ2v) is 5.09. The quantitative estimate of drug-likeness (QED) is 0.883. The van der Waals surface area contributed by atoms with Gasteiger partial charge in [-0.25, -0.2) is 0 Å². The Kier molecular flexibility index (Phi) is 3.87. The molecule has 0 aliphatic carbocycles. The van der Waals surface area contributed by atoms with E-state index in [1.807, 2.05) is 30.3 Å². The minimum absolute atomic E-state index is 0.464. The Balaban J connectivity index is 2.52. The summed E-state index contributed by atoms with van der Waals surface area (Å²) in [6.45, 7) is 6.67. The summed E-state index contributed by atoms with van der Waals surface area (Å²) in [5.41, 5.74) is 0.856. The van der Waals surface area contributed by atoms with Crippen molar-refractivity contribution in [3.05, 3.63) is 42.0 Å². The van der Waals surface area contributed by atoms with Crippen LogP contribution in [0.25, 0.3) is 10.8 Å². The van der Waals surface area contributed by atoms with Crippen molar-refractivity contribution < 1.29 is 9.84 Å². The number of ether oxygens (including phenoxy) is 1. The van der Waals surface area contributed by atoms with Crippen LogP contribution in [0.5, 0.6) is 5.75 Å². The van der Waals surface area contributed by atoms with E-state index in [9.17, 15) is 5.11 Å². The normalized spacial score (nSPS) is 12.9. The van der Waals surface area contributed by atoms with E-state index in [1.165, 1.54) is 0 Å². The number of hydrogen-bond acceptors (Lipinski definition) is 2. The fourth-order valence-corrected chi connectivity index (χ4v) is 2.00. The predicted octanol–water partition coefficient (Wildman–Crippen LogP) is 3.93. The van der Waals surface area contributed by atoms with Crippen LogP contribution in [-0.4, -0.2) is 11.7 Å². The van der Waals surface area contributed by atoms with Crippen molar-refractivity contribution in [2.45, 2.75) is 26.9 Å². The Morgan fingerprint density at radius 3 is 2.44 bits per heavy atom. The lowest BCUT2D eigenvalue weighted by Gasteiger charge is -2.17. The third-order valence-corrected chi connectivity index (χ3v) is 2.92. The van der Waals surface area contributed by atoms with Crippen molar-refractivity contribution in [1.82, 2.24) is 0 Å². The molecule has 0 saturated heterocycles. The van der Waals surface area contributed by atoms with Crippen LogP contribution in [0.4, 0.5) is 0 Å². The van der Waals surface area contributed by atoms with Gasteiger partial charge in [-0.3, -0.25) is 0 Å². The second-order valence-electron chi connectivity index (χ2n) is 5.09. The van der Waals surface area contributed by atoms with E-state index in [4.69, 9.17) is 4.74 Å². The predicted molar refractivity (Wildman–Crippen MR) is 74.9 cm³/mol. The van der Waals surface area contributed by atoms with Crippen LogP contribution in [0.15, 0.2) is 36.4 Å². The maximum atomic E-state index is 9.85. The van der Waals surface area contributed by atoms with Crippen molar-refractivity contribution in [3.63, 3.8) is 0 Å². The summed E-state index contributed by atoms with van der Waals surface area (Å²) in [7, 11) is 0. The number of rotatable bonds is 4. The summed E-state index contributed by atoms with van der Waals surface area (Å²) in [5.74, 6) is 1.28. The monoisotopic (exact) mass is 244 g/mol. The van der Waals surface area contributed by atoms with E-state index in [0.29, 0.717) is 12.5 Å². The highest BCUT2D eigenvalue weighted by Crippen LogP contribution is 2.33. The van der Waals surface area contributed by atoms with Crippen molar-refractivity contribution in [3.8, 4) is 5.75 Å². The molecule has 0 saturated carbocycles. The Morgan fingerprint density at radius 1 is 1.06 bits per heavy atom. The Hall–Kier alpha value is -1.54. The van der Waals surface area contributed by atoms with Gasteiger partial charge in [-0.05, 0) is 18.2 Å². The topological polar surface area (TPSA) is 29.5 Å². The van der Waals surface area contributed by atoms with E-state index < -0.39 is 6.10 Å². The number of aliphatic hydroxyl groups excluding tert-OH is 1. The summed E-state index contributed by atoms with van der Waals surface area (Å²) < 4.78 is 5.91. The highest BCUT2D eigenvalue weighted by molar-refractivity contribution is 5.89. The highest BCUT2D eigenvalue weighted by Gasteiger charge is 2.13. The Bertz CT molecular complexity index is 530. The smallest absolute Gasteiger partial charge is 0.132 e. The van der Waals surface area contributed by atoms with Crippen LogP contribution < -0.4 is 4.74 Å². The molecule has 18 heavy (non-hydrogen) atoms. The highest BCUT2D eigenvalue weighted by atomic mass is 16.5. The number of aliphatic hydroxyl groups is 1. The molecule has 0 bridgehead atoms. The first-order chi connectivity index (χ1) is 8.59.